The minimum absolute atomic E-state index is 0. The molecule has 0 radical (unpaired) electrons. The monoisotopic (exact) mass is 764 g/mol. The number of hydrogen-bond acceptors (Lipinski definition) is 9. The highest BCUT2D eigenvalue weighted by atomic mass is 19.1. The molecule has 1 fully saturated rings. The number of nitrogens with zero attached hydrogens (tertiary/aromatic N) is 5. The summed E-state index contributed by atoms with van der Waals surface area (Å²) in [4.78, 5) is 48.4. The number of halogens is 1. The summed E-state index contributed by atoms with van der Waals surface area (Å²) in [7, 11) is 3.99. The molecule has 3 aromatic heterocycles. The van der Waals surface area contributed by atoms with Gasteiger partial charge >= 0.3 is 0 Å². The Morgan fingerprint density at radius 2 is 1.88 bits per heavy atom. The molecule has 1 atom stereocenters. The Balaban J connectivity index is 0.00000480. The Hall–Kier alpha value is -5.73. The number of unbranched alkanes of at least 4 members (excludes halogenated alkanes) is 1. The topological polar surface area (TPSA) is 139 Å². The molecule has 6 aromatic rings. The molecule has 3 N–H and O–H groups in total. The molecule has 5 heterocycles. The van der Waals surface area contributed by atoms with Gasteiger partial charge in [-0.1, -0.05) is 25.6 Å². The number of furan rings is 1. The van der Waals surface area contributed by atoms with E-state index in [1.807, 2.05) is 66.2 Å². The smallest absolute Gasteiger partial charge is 0.256 e. The number of carbonyl (C=O) groups excluding carboxylic acids is 2. The lowest BCUT2D eigenvalue weighted by Crippen LogP contribution is -2.38. The number of imidazole rings is 1. The first kappa shape index (κ1) is 38.5. The van der Waals surface area contributed by atoms with Crippen molar-refractivity contribution in [3.63, 3.8) is 0 Å². The van der Waals surface area contributed by atoms with E-state index in [0.717, 1.165) is 49.7 Å². The molecular weight excluding hydrogens is 716 g/mol. The number of aromatic nitrogens is 3. The molecule has 0 unspecified atom stereocenters. The van der Waals surface area contributed by atoms with Crippen molar-refractivity contribution >= 4 is 50.3 Å². The molecular formula is C42H49FN8O5. The van der Waals surface area contributed by atoms with E-state index >= 15 is 4.39 Å². The van der Waals surface area contributed by atoms with Crippen LogP contribution in [0.15, 0.2) is 76.6 Å². The number of ether oxygens (including phenoxy) is 1. The van der Waals surface area contributed by atoms with Crippen LogP contribution in [-0.2, 0) is 11.3 Å². The van der Waals surface area contributed by atoms with E-state index < -0.39 is 17.2 Å². The van der Waals surface area contributed by atoms with Gasteiger partial charge < -0.3 is 44.0 Å². The Bertz CT molecular complexity index is 2440. The molecule has 13 nitrogen and oxygen atoms in total. The molecule has 56 heavy (non-hydrogen) atoms. The summed E-state index contributed by atoms with van der Waals surface area (Å²) in [6.07, 6.45) is 10.5. The number of pyridine rings is 1. The van der Waals surface area contributed by atoms with Crippen LogP contribution in [0.5, 0.6) is 11.5 Å². The molecule has 294 valence electrons. The highest BCUT2D eigenvalue weighted by molar-refractivity contribution is 6.07. The zero-order chi connectivity index (χ0) is 38.1. The average Bonchev–Trinajstić information content (AvgIpc) is 3.94. The third-order valence-electron chi connectivity index (χ3n) is 10.4. The van der Waals surface area contributed by atoms with E-state index in [0.29, 0.717) is 67.1 Å². The second kappa shape index (κ2) is 16.6. The number of nitrogens with one attached hydrogen (secondary N) is 3. The van der Waals surface area contributed by atoms with Gasteiger partial charge in [0.15, 0.2) is 17.3 Å². The fourth-order valence-electron chi connectivity index (χ4n) is 7.64. The van der Waals surface area contributed by atoms with Crippen molar-refractivity contribution in [2.24, 2.45) is 0 Å². The Labute approximate surface area is 324 Å². The predicted octanol–water partition coefficient (Wildman–Crippen LogP) is 5.80. The number of benzene rings is 3. The van der Waals surface area contributed by atoms with Gasteiger partial charge in [-0.3, -0.25) is 14.4 Å². The normalized spacial score (nSPS) is 14.6. The first-order chi connectivity index (χ1) is 26.7. The van der Waals surface area contributed by atoms with E-state index in [4.69, 9.17) is 9.15 Å². The Morgan fingerprint density at radius 1 is 1.02 bits per heavy atom. The second-order valence-corrected chi connectivity index (χ2v) is 14.6. The lowest BCUT2D eigenvalue weighted by molar-refractivity contribution is -0.121. The zero-order valence-electron chi connectivity index (χ0n) is 31.1. The van der Waals surface area contributed by atoms with Gasteiger partial charge in [-0.05, 0) is 71.1 Å². The fourth-order valence-corrected chi connectivity index (χ4v) is 7.64. The number of carbonyl (C=O) groups is 2. The van der Waals surface area contributed by atoms with Crippen molar-refractivity contribution in [1.29, 1.82) is 0 Å². The molecule has 8 rings (SSSR count). The molecule has 3 aromatic carbocycles. The van der Waals surface area contributed by atoms with Crippen molar-refractivity contribution < 1.29 is 23.1 Å². The number of hydrogen-bond donors (Lipinski definition) is 3. The van der Waals surface area contributed by atoms with Gasteiger partial charge in [-0.2, -0.15) is 0 Å². The van der Waals surface area contributed by atoms with Crippen LogP contribution in [0.25, 0.3) is 38.5 Å². The van der Waals surface area contributed by atoms with Crippen LogP contribution in [-0.4, -0.2) is 90.2 Å². The molecule has 2 aliphatic rings. The van der Waals surface area contributed by atoms with E-state index in [1.165, 1.54) is 12.3 Å². The Kier molecular flexibility index (Phi) is 11.4. The van der Waals surface area contributed by atoms with Crippen LogP contribution in [0.2, 0.25) is 0 Å². The van der Waals surface area contributed by atoms with Gasteiger partial charge in [0.05, 0.1) is 17.4 Å². The standard InChI is InChI=1S/C41H45FN8O5.CH4/c1-47(2)16-6-5-13-45-41(53)30-24-50-32-22-34-28(27-8-3-4-9-33(27)54-34)21-35(32)55-40-37(50)29(39(30)52)20-31(42)38(40)49-18-11-26(23-49)46-36(51)10-14-43-12-7-17-48-19-15-44-25-48;/h3-4,8-9,15,19-22,24-26,43H,5-7,10-14,16-18,23H2,1-2H3,(H,45,53)(H,46,51);1H4/t26-;/m1./s1. The second-order valence-electron chi connectivity index (χ2n) is 14.6. The van der Waals surface area contributed by atoms with Crippen LogP contribution < -0.4 is 31.0 Å². The first-order valence-corrected chi connectivity index (χ1v) is 18.9. The van der Waals surface area contributed by atoms with E-state index in [1.54, 1.807) is 17.1 Å². The molecule has 0 saturated carbocycles. The van der Waals surface area contributed by atoms with Crippen LogP contribution in [0.3, 0.4) is 0 Å². The first-order valence-electron chi connectivity index (χ1n) is 18.9. The molecule has 0 spiro atoms. The predicted molar refractivity (Wildman–Crippen MR) is 217 cm³/mol. The van der Waals surface area contributed by atoms with Crippen LogP contribution in [0, 0.1) is 5.82 Å². The molecule has 2 amide bonds. The average molecular weight is 765 g/mol. The summed E-state index contributed by atoms with van der Waals surface area (Å²) in [6, 6.07) is 12.4. The van der Waals surface area contributed by atoms with Crippen molar-refractivity contribution in [2.45, 2.75) is 52.1 Å². The van der Waals surface area contributed by atoms with Crippen molar-refractivity contribution in [3.8, 4) is 17.2 Å². The quantitative estimate of drug-likeness (QED) is 0.111. The van der Waals surface area contributed by atoms with Gasteiger partial charge in [-0.15, -0.1) is 0 Å². The van der Waals surface area contributed by atoms with Crippen molar-refractivity contribution in [3.05, 3.63) is 89.0 Å². The van der Waals surface area contributed by atoms with Crippen LogP contribution in [0.4, 0.5) is 10.1 Å². The molecule has 1 saturated heterocycles. The molecule has 14 heteroatoms. The van der Waals surface area contributed by atoms with E-state index in [2.05, 4.69) is 25.8 Å². The maximum Gasteiger partial charge on any atom is 0.256 e. The van der Waals surface area contributed by atoms with Gasteiger partial charge in [0.2, 0.25) is 11.3 Å². The van der Waals surface area contributed by atoms with Crippen LogP contribution >= 0.6 is 0 Å². The summed E-state index contributed by atoms with van der Waals surface area (Å²) in [5.41, 5.74) is 1.76. The number of anilines is 1. The highest BCUT2D eigenvalue weighted by Gasteiger charge is 2.34. The fraction of sp³-hybridized carbons (Fsp3) is 0.381. The number of amides is 2. The maximum atomic E-state index is 16.5. The maximum absolute atomic E-state index is 16.5. The lowest BCUT2D eigenvalue weighted by Gasteiger charge is -2.29. The highest BCUT2D eigenvalue weighted by Crippen LogP contribution is 2.49. The third-order valence-corrected chi connectivity index (χ3v) is 10.4. The van der Waals surface area contributed by atoms with E-state index in [9.17, 15) is 14.4 Å². The largest absolute Gasteiger partial charge is 0.456 e. The van der Waals surface area contributed by atoms with Gasteiger partial charge in [-0.25, -0.2) is 9.37 Å². The SMILES string of the molecule is C.CN(C)CCCCNC(=O)c1cn2c3c(c(N4CC[C@@H](NC(=O)CCNCCCn5ccnc5)C4)c(F)cc3c1=O)Oc1cc3c(cc1-2)oc1ccccc13. The summed E-state index contributed by atoms with van der Waals surface area (Å²) in [5.74, 6) is -0.618. The number of aryl methyl sites for hydroxylation is 1. The lowest BCUT2D eigenvalue weighted by atomic mass is 10.0. The Morgan fingerprint density at radius 3 is 2.70 bits per heavy atom. The summed E-state index contributed by atoms with van der Waals surface area (Å²) in [6.45, 7) is 4.30. The third kappa shape index (κ3) is 7.71. The zero-order valence-corrected chi connectivity index (χ0v) is 31.1. The molecule has 0 bridgehead atoms. The van der Waals surface area contributed by atoms with Crippen molar-refractivity contribution in [2.75, 3.05) is 58.3 Å². The van der Waals surface area contributed by atoms with E-state index in [-0.39, 0.29) is 41.8 Å². The minimum Gasteiger partial charge on any atom is -0.456 e. The summed E-state index contributed by atoms with van der Waals surface area (Å²) < 4.78 is 33.1. The van der Waals surface area contributed by atoms with Gasteiger partial charge in [0.25, 0.3) is 5.91 Å². The summed E-state index contributed by atoms with van der Waals surface area (Å²) >= 11 is 0. The van der Waals surface area contributed by atoms with Gasteiger partial charge in [0.1, 0.15) is 27.9 Å². The van der Waals surface area contributed by atoms with Crippen LogP contribution in [0.1, 0.15) is 49.9 Å². The molecule has 2 aliphatic heterocycles. The number of rotatable bonds is 15. The van der Waals surface area contributed by atoms with Crippen molar-refractivity contribution in [1.82, 2.24) is 35.0 Å². The summed E-state index contributed by atoms with van der Waals surface area (Å²) in [5, 5.41) is 11.1. The molecule has 0 aliphatic carbocycles. The van der Waals surface area contributed by atoms with Gasteiger partial charge in [0, 0.05) is 80.6 Å². The number of para-hydroxylation sites is 1. The minimum atomic E-state index is -0.641. The number of fused-ring (bicyclic) bond motifs is 5.